The lowest BCUT2D eigenvalue weighted by Crippen LogP contribution is -2.07. The lowest BCUT2D eigenvalue weighted by Gasteiger charge is -2.07. The Morgan fingerprint density at radius 1 is 0.760 bits per heavy atom. The summed E-state index contributed by atoms with van der Waals surface area (Å²) < 4.78 is 0. The summed E-state index contributed by atoms with van der Waals surface area (Å²) >= 11 is 0. The molecule has 0 spiro atoms. The van der Waals surface area contributed by atoms with Crippen molar-refractivity contribution in [2.75, 3.05) is 10.6 Å². The monoisotopic (exact) mass is 330 g/mol. The van der Waals surface area contributed by atoms with Gasteiger partial charge in [0.25, 0.3) is 0 Å². The number of phenolic OH excluding ortho intramolecular Hbond substituents is 1. The molecule has 1 amide bonds. The highest BCUT2D eigenvalue weighted by Crippen LogP contribution is 2.18. The zero-order chi connectivity index (χ0) is 17.5. The molecule has 0 radical (unpaired) electrons. The maximum atomic E-state index is 12.0. The van der Waals surface area contributed by atoms with Crippen molar-refractivity contribution < 1.29 is 9.90 Å². The second-order valence-electron chi connectivity index (χ2n) is 5.48. The van der Waals surface area contributed by atoms with E-state index >= 15 is 0 Å². The molecule has 4 nitrogen and oxygen atoms in total. The summed E-state index contributed by atoms with van der Waals surface area (Å²) in [5.41, 5.74) is 3.52. The predicted molar refractivity (Wildman–Crippen MR) is 102 cm³/mol. The lowest BCUT2D eigenvalue weighted by atomic mass is 10.2. The largest absolute Gasteiger partial charge is 0.508 e. The Morgan fingerprint density at radius 3 is 2.04 bits per heavy atom. The molecule has 0 saturated heterocycles. The first-order valence-electron chi connectivity index (χ1n) is 7.89. The van der Waals surface area contributed by atoms with E-state index in [0.29, 0.717) is 0 Å². The number of phenols is 1. The smallest absolute Gasteiger partial charge is 0.248 e. The fraction of sp³-hybridized carbons (Fsp3) is 0. The highest BCUT2D eigenvalue weighted by molar-refractivity contribution is 6.02. The van der Waals surface area contributed by atoms with Gasteiger partial charge in [-0.15, -0.1) is 0 Å². The van der Waals surface area contributed by atoms with Gasteiger partial charge in [-0.3, -0.25) is 4.79 Å². The zero-order valence-electron chi connectivity index (χ0n) is 13.5. The normalized spacial score (nSPS) is 10.6. The van der Waals surface area contributed by atoms with Crippen molar-refractivity contribution in [3.63, 3.8) is 0 Å². The van der Waals surface area contributed by atoms with E-state index in [1.165, 1.54) is 6.08 Å². The minimum Gasteiger partial charge on any atom is -0.508 e. The lowest BCUT2D eigenvalue weighted by molar-refractivity contribution is -0.111. The highest BCUT2D eigenvalue weighted by Gasteiger charge is 1.99. The summed E-state index contributed by atoms with van der Waals surface area (Å²) in [6.45, 7) is 0. The third kappa shape index (κ3) is 4.97. The average molecular weight is 330 g/mol. The third-order valence-corrected chi connectivity index (χ3v) is 3.54. The van der Waals surface area contributed by atoms with E-state index < -0.39 is 0 Å². The second kappa shape index (κ2) is 7.84. The van der Waals surface area contributed by atoms with Gasteiger partial charge >= 0.3 is 0 Å². The highest BCUT2D eigenvalue weighted by atomic mass is 16.3. The topological polar surface area (TPSA) is 61.4 Å². The number of para-hydroxylation sites is 1. The fourth-order valence-corrected chi connectivity index (χ4v) is 2.27. The Balaban J connectivity index is 1.57. The van der Waals surface area contributed by atoms with Gasteiger partial charge in [-0.25, -0.2) is 0 Å². The van der Waals surface area contributed by atoms with Gasteiger partial charge in [-0.05, 0) is 60.2 Å². The molecule has 0 aliphatic heterocycles. The van der Waals surface area contributed by atoms with Crippen molar-refractivity contribution in [2.45, 2.75) is 0 Å². The van der Waals surface area contributed by atoms with Gasteiger partial charge in [0.1, 0.15) is 5.75 Å². The molecule has 124 valence electrons. The van der Waals surface area contributed by atoms with Crippen LogP contribution in [0, 0.1) is 0 Å². The molecule has 0 heterocycles. The third-order valence-electron chi connectivity index (χ3n) is 3.54. The SMILES string of the molecule is O=C(/C=C/c1ccc(O)cc1)Nc1ccc(Nc2ccccc2)cc1. The van der Waals surface area contributed by atoms with Crippen LogP contribution in [0.2, 0.25) is 0 Å². The standard InChI is InChI=1S/C21H18N2O2/c24-20-13-6-16(7-14-20)8-15-21(25)23-19-11-9-18(10-12-19)22-17-4-2-1-3-5-17/h1-15,22,24H,(H,23,25)/b15-8+. The van der Waals surface area contributed by atoms with Crippen LogP contribution in [0.4, 0.5) is 17.1 Å². The number of hydrogen-bond acceptors (Lipinski definition) is 3. The van der Waals surface area contributed by atoms with Crippen molar-refractivity contribution >= 4 is 29.0 Å². The molecular formula is C21H18N2O2. The van der Waals surface area contributed by atoms with Crippen molar-refractivity contribution in [3.8, 4) is 5.75 Å². The molecule has 0 aliphatic carbocycles. The van der Waals surface area contributed by atoms with Gasteiger partial charge in [0.15, 0.2) is 0 Å². The molecule has 0 aliphatic rings. The van der Waals surface area contributed by atoms with Crippen LogP contribution in [0.3, 0.4) is 0 Å². The van der Waals surface area contributed by atoms with Crippen LogP contribution in [0.5, 0.6) is 5.75 Å². The summed E-state index contributed by atoms with van der Waals surface area (Å²) in [5, 5.41) is 15.3. The van der Waals surface area contributed by atoms with Crippen LogP contribution in [-0.2, 0) is 4.79 Å². The molecule has 0 atom stereocenters. The quantitative estimate of drug-likeness (QED) is 0.590. The molecule has 3 rings (SSSR count). The number of carbonyl (C=O) groups is 1. The summed E-state index contributed by atoms with van der Waals surface area (Å²) in [5.74, 6) is -0.0114. The Bertz CT molecular complexity index is 855. The molecule has 4 heteroatoms. The maximum Gasteiger partial charge on any atom is 0.248 e. The van der Waals surface area contributed by atoms with E-state index in [-0.39, 0.29) is 11.7 Å². The molecule has 3 aromatic carbocycles. The summed E-state index contributed by atoms with van der Waals surface area (Å²) in [7, 11) is 0. The van der Waals surface area contributed by atoms with E-state index in [1.807, 2.05) is 54.6 Å². The van der Waals surface area contributed by atoms with Crippen LogP contribution in [-0.4, -0.2) is 11.0 Å². The first-order valence-corrected chi connectivity index (χ1v) is 7.89. The maximum absolute atomic E-state index is 12.0. The number of anilines is 3. The predicted octanol–water partition coefficient (Wildman–Crippen LogP) is 4.79. The Labute approximate surface area is 146 Å². The molecule has 0 bridgehead atoms. The van der Waals surface area contributed by atoms with Gasteiger partial charge in [0.05, 0.1) is 0 Å². The number of nitrogens with one attached hydrogen (secondary N) is 2. The number of rotatable bonds is 5. The Morgan fingerprint density at radius 2 is 1.36 bits per heavy atom. The minimum atomic E-state index is -0.211. The van der Waals surface area contributed by atoms with Crippen LogP contribution >= 0.6 is 0 Å². The Hall–Kier alpha value is -3.53. The van der Waals surface area contributed by atoms with Crippen molar-refractivity contribution in [1.82, 2.24) is 0 Å². The molecule has 0 aromatic heterocycles. The second-order valence-corrected chi connectivity index (χ2v) is 5.48. The summed E-state index contributed by atoms with van der Waals surface area (Å²) in [4.78, 5) is 12.0. The molecule has 0 unspecified atom stereocenters. The zero-order valence-corrected chi connectivity index (χ0v) is 13.5. The number of carbonyl (C=O) groups excluding carboxylic acids is 1. The molecule has 0 saturated carbocycles. The van der Waals surface area contributed by atoms with Crippen LogP contribution < -0.4 is 10.6 Å². The van der Waals surface area contributed by atoms with Gasteiger partial charge in [0, 0.05) is 23.1 Å². The van der Waals surface area contributed by atoms with E-state index in [4.69, 9.17) is 0 Å². The molecule has 0 fully saturated rings. The number of aromatic hydroxyl groups is 1. The van der Waals surface area contributed by atoms with Crippen LogP contribution in [0.15, 0.2) is 84.9 Å². The van der Waals surface area contributed by atoms with Crippen molar-refractivity contribution in [1.29, 1.82) is 0 Å². The number of amides is 1. The summed E-state index contributed by atoms with van der Waals surface area (Å²) in [6.07, 6.45) is 3.16. The molecule has 25 heavy (non-hydrogen) atoms. The van der Waals surface area contributed by atoms with E-state index in [0.717, 1.165) is 22.6 Å². The summed E-state index contributed by atoms with van der Waals surface area (Å²) in [6, 6.07) is 24.0. The van der Waals surface area contributed by atoms with E-state index in [9.17, 15) is 9.90 Å². The molecule has 3 N–H and O–H groups in total. The minimum absolute atomic E-state index is 0.200. The molecule has 3 aromatic rings. The van der Waals surface area contributed by atoms with Gasteiger partial charge in [-0.2, -0.15) is 0 Å². The van der Waals surface area contributed by atoms with Crippen molar-refractivity contribution in [3.05, 3.63) is 90.5 Å². The van der Waals surface area contributed by atoms with Crippen LogP contribution in [0.25, 0.3) is 6.08 Å². The number of benzene rings is 3. The number of hydrogen-bond donors (Lipinski definition) is 3. The first-order chi connectivity index (χ1) is 12.2. The fourth-order valence-electron chi connectivity index (χ4n) is 2.27. The Kier molecular flexibility index (Phi) is 5.12. The van der Waals surface area contributed by atoms with E-state index in [2.05, 4.69) is 10.6 Å². The van der Waals surface area contributed by atoms with Gasteiger partial charge < -0.3 is 15.7 Å². The average Bonchev–Trinajstić information content (AvgIpc) is 2.64. The van der Waals surface area contributed by atoms with Crippen molar-refractivity contribution in [2.24, 2.45) is 0 Å². The molecular weight excluding hydrogens is 312 g/mol. The van der Waals surface area contributed by atoms with Gasteiger partial charge in [0.2, 0.25) is 5.91 Å². The van der Waals surface area contributed by atoms with E-state index in [1.54, 1.807) is 30.3 Å². The van der Waals surface area contributed by atoms with Crippen LogP contribution in [0.1, 0.15) is 5.56 Å². The first kappa shape index (κ1) is 16.3. The van der Waals surface area contributed by atoms with Gasteiger partial charge in [-0.1, -0.05) is 30.3 Å².